The first-order valence-corrected chi connectivity index (χ1v) is 6.14. The number of hydrogen-bond acceptors (Lipinski definition) is 1. The van der Waals surface area contributed by atoms with E-state index in [1.165, 1.54) is 38.9 Å². The van der Waals surface area contributed by atoms with Crippen molar-refractivity contribution in [2.45, 2.75) is 34.1 Å². The molecule has 1 aliphatic carbocycles. The van der Waals surface area contributed by atoms with Gasteiger partial charge in [-0.05, 0) is 66.6 Å². The van der Waals surface area contributed by atoms with E-state index < -0.39 is 0 Å². The minimum absolute atomic E-state index is 1.05. The van der Waals surface area contributed by atoms with Crippen LogP contribution >= 0.6 is 0 Å². The van der Waals surface area contributed by atoms with Crippen molar-refractivity contribution >= 4 is 0 Å². The third-order valence-corrected chi connectivity index (χ3v) is 4.16. The van der Waals surface area contributed by atoms with Crippen molar-refractivity contribution in [1.82, 2.24) is 4.98 Å². The van der Waals surface area contributed by atoms with Crippen LogP contribution in [0.25, 0.3) is 11.1 Å². The molecule has 17 heavy (non-hydrogen) atoms. The fourth-order valence-corrected chi connectivity index (χ4v) is 2.79. The maximum atomic E-state index is 4.49. The van der Waals surface area contributed by atoms with Crippen LogP contribution in [-0.4, -0.2) is 4.98 Å². The van der Waals surface area contributed by atoms with Gasteiger partial charge < -0.3 is 0 Å². The number of nitrogens with zero attached hydrogens (tertiary/aromatic N) is 1. The van der Waals surface area contributed by atoms with Gasteiger partial charge in [-0.3, -0.25) is 4.98 Å². The standard InChI is InChI=1S/C16H17N/c1-9-5-6-14-15(10(9)2)7-13-8-17-12(4)11(3)16(13)14/h5-6,8H,7H2,1-4H3. The smallest absolute Gasteiger partial charge is 0.0408 e. The molecule has 0 saturated heterocycles. The Kier molecular flexibility index (Phi) is 2.12. The summed E-state index contributed by atoms with van der Waals surface area (Å²) in [6.45, 7) is 8.70. The lowest BCUT2D eigenvalue weighted by molar-refractivity contribution is 1.11. The number of rotatable bonds is 0. The van der Waals surface area contributed by atoms with E-state index in [0.717, 1.165) is 12.1 Å². The zero-order valence-electron chi connectivity index (χ0n) is 10.9. The molecule has 0 radical (unpaired) electrons. The Hall–Kier alpha value is -1.63. The van der Waals surface area contributed by atoms with E-state index in [9.17, 15) is 0 Å². The van der Waals surface area contributed by atoms with Crippen molar-refractivity contribution < 1.29 is 0 Å². The number of benzene rings is 1. The Labute approximate surface area is 103 Å². The summed E-state index contributed by atoms with van der Waals surface area (Å²) in [7, 11) is 0. The van der Waals surface area contributed by atoms with Gasteiger partial charge in [0.25, 0.3) is 0 Å². The monoisotopic (exact) mass is 223 g/mol. The van der Waals surface area contributed by atoms with Gasteiger partial charge in [-0.15, -0.1) is 0 Å². The van der Waals surface area contributed by atoms with Crippen LogP contribution in [0.5, 0.6) is 0 Å². The molecule has 1 aromatic heterocycles. The molecular weight excluding hydrogens is 206 g/mol. The molecule has 1 aliphatic rings. The fraction of sp³-hybridized carbons (Fsp3) is 0.312. The van der Waals surface area contributed by atoms with Crippen LogP contribution < -0.4 is 0 Å². The van der Waals surface area contributed by atoms with Crippen LogP contribution in [0, 0.1) is 27.7 Å². The van der Waals surface area contributed by atoms with Gasteiger partial charge in [0.1, 0.15) is 0 Å². The summed E-state index contributed by atoms with van der Waals surface area (Å²) in [4.78, 5) is 4.49. The molecule has 1 heterocycles. The normalized spacial score (nSPS) is 12.5. The Bertz CT molecular complexity index is 624. The highest BCUT2D eigenvalue weighted by Crippen LogP contribution is 2.41. The Balaban J connectivity index is 2.35. The second-order valence-corrected chi connectivity index (χ2v) is 5.08. The first-order chi connectivity index (χ1) is 8.09. The van der Waals surface area contributed by atoms with Gasteiger partial charge in [0.2, 0.25) is 0 Å². The summed E-state index contributed by atoms with van der Waals surface area (Å²) in [5, 5.41) is 0. The van der Waals surface area contributed by atoms with E-state index in [1.807, 2.05) is 6.20 Å². The van der Waals surface area contributed by atoms with Crippen LogP contribution in [-0.2, 0) is 6.42 Å². The van der Waals surface area contributed by atoms with Gasteiger partial charge in [-0.2, -0.15) is 0 Å². The van der Waals surface area contributed by atoms with Crippen LogP contribution in [0.4, 0.5) is 0 Å². The van der Waals surface area contributed by atoms with Crippen molar-refractivity contribution in [3.63, 3.8) is 0 Å². The SMILES string of the molecule is Cc1ccc2c(c1C)Cc1cnc(C)c(C)c1-2. The van der Waals surface area contributed by atoms with Gasteiger partial charge in [0.05, 0.1) is 0 Å². The van der Waals surface area contributed by atoms with Crippen molar-refractivity contribution in [2.75, 3.05) is 0 Å². The number of hydrogen-bond donors (Lipinski definition) is 0. The van der Waals surface area contributed by atoms with E-state index in [-0.39, 0.29) is 0 Å². The summed E-state index contributed by atoms with van der Waals surface area (Å²) in [5.74, 6) is 0. The molecule has 3 rings (SSSR count). The first-order valence-electron chi connectivity index (χ1n) is 6.14. The molecule has 2 aromatic rings. The van der Waals surface area contributed by atoms with Crippen molar-refractivity contribution in [3.8, 4) is 11.1 Å². The van der Waals surface area contributed by atoms with Crippen LogP contribution in [0.2, 0.25) is 0 Å². The summed E-state index contributed by atoms with van der Waals surface area (Å²) in [6, 6.07) is 4.51. The number of aromatic nitrogens is 1. The van der Waals surface area contributed by atoms with Gasteiger partial charge in [-0.1, -0.05) is 12.1 Å². The number of aryl methyl sites for hydroxylation is 2. The molecule has 0 fully saturated rings. The van der Waals surface area contributed by atoms with E-state index in [0.29, 0.717) is 0 Å². The highest BCUT2D eigenvalue weighted by molar-refractivity contribution is 5.80. The largest absolute Gasteiger partial charge is 0.261 e. The average molecular weight is 223 g/mol. The topological polar surface area (TPSA) is 12.9 Å². The number of fused-ring (bicyclic) bond motifs is 3. The molecule has 0 spiro atoms. The van der Waals surface area contributed by atoms with E-state index in [2.05, 4.69) is 44.8 Å². The zero-order chi connectivity index (χ0) is 12.2. The Morgan fingerprint density at radius 3 is 2.53 bits per heavy atom. The zero-order valence-corrected chi connectivity index (χ0v) is 10.9. The predicted molar refractivity (Wildman–Crippen MR) is 71.4 cm³/mol. The van der Waals surface area contributed by atoms with Gasteiger partial charge in [-0.25, -0.2) is 0 Å². The molecule has 0 N–H and O–H groups in total. The highest BCUT2D eigenvalue weighted by atomic mass is 14.7. The molecule has 0 unspecified atom stereocenters. The third kappa shape index (κ3) is 1.35. The quantitative estimate of drug-likeness (QED) is 0.563. The molecular formula is C16H17N. The lowest BCUT2D eigenvalue weighted by atomic mass is 9.96. The molecule has 1 nitrogen and oxygen atoms in total. The summed E-state index contributed by atoms with van der Waals surface area (Å²) < 4.78 is 0. The fourth-order valence-electron chi connectivity index (χ4n) is 2.79. The molecule has 86 valence electrons. The van der Waals surface area contributed by atoms with E-state index >= 15 is 0 Å². The maximum absolute atomic E-state index is 4.49. The molecule has 0 atom stereocenters. The minimum Gasteiger partial charge on any atom is -0.261 e. The van der Waals surface area contributed by atoms with Crippen LogP contribution in [0.15, 0.2) is 18.3 Å². The second kappa shape index (κ2) is 3.43. The molecule has 1 aromatic carbocycles. The van der Waals surface area contributed by atoms with Crippen molar-refractivity contribution in [1.29, 1.82) is 0 Å². The molecule has 1 heteroatoms. The van der Waals surface area contributed by atoms with E-state index in [1.54, 1.807) is 0 Å². The van der Waals surface area contributed by atoms with Crippen LogP contribution in [0.3, 0.4) is 0 Å². The summed E-state index contributed by atoms with van der Waals surface area (Å²) in [5.41, 5.74) is 11.0. The van der Waals surface area contributed by atoms with Crippen molar-refractivity contribution in [3.05, 3.63) is 51.8 Å². The van der Waals surface area contributed by atoms with Gasteiger partial charge in [0, 0.05) is 18.3 Å². The summed E-state index contributed by atoms with van der Waals surface area (Å²) >= 11 is 0. The lowest BCUT2D eigenvalue weighted by Gasteiger charge is -2.09. The highest BCUT2D eigenvalue weighted by Gasteiger charge is 2.23. The number of pyridine rings is 1. The maximum Gasteiger partial charge on any atom is 0.0408 e. The molecule has 0 aliphatic heterocycles. The molecule has 0 amide bonds. The molecule has 0 bridgehead atoms. The predicted octanol–water partition coefficient (Wildman–Crippen LogP) is 3.89. The minimum atomic E-state index is 1.05. The summed E-state index contributed by atoms with van der Waals surface area (Å²) in [6.07, 6.45) is 3.10. The average Bonchev–Trinajstić information content (AvgIpc) is 2.69. The van der Waals surface area contributed by atoms with Crippen LogP contribution in [0.1, 0.15) is 33.5 Å². The first kappa shape index (κ1) is 10.5. The Morgan fingerprint density at radius 2 is 1.76 bits per heavy atom. The van der Waals surface area contributed by atoms with Crippen molar-refractivity contribution in [2.24, 2.45) is 0 Å². The second-order valence-electron chi connectivity index (χ2n) is 5.08. The van der Waals surface area contributed by atoms with Gasteiger partial charge in [0.15, 0.2) is 0 Å². The van der Waals surface area contributed by atoms with E-state index in [4.69, 9.17) is 0 Å². The molecule has 0 saturated carbocycles. The third-order valence-electron chi connectivity index (χ3n) is 4.16. The lowest BCUT2D eigenvalue weighted by Crippen LogP contribution is -1.92. The Morgan fingerprint density at radius 1 is 1.00 bits per heavy atom. The van der Waals surface area contributed by atoms with Gasteiger partial charge >= 0.3 is 0 Å².